The monoisotopic (exact) mass is 417 g/mol. The van der Waals surface area contributed by atoms with E-state index in [1.165, 1.54) is 39.0 Å². The van der Waals surface area contributed by atoms with Gasteiger partial charge in [0.2, 0.25) is 0 Å². The Kier molecular flexibility index (Phi) is 8.17. The van der Waals surface area contributed by atoms with Crippen LogP contribution in [0.3, 0.4) is 0 Å². The number of ether oxygens (including phenoxy) is 2. The van der Waals surface area contributed by atoms with Gasteiger partial charge in [-0.3, -0.25) is 29.0 Å². The van der Waals surface area contributed by atoms with Crippen molar-refractivity contribution in [3.63, 3.8) is 0 Å². The number of esters is 1. The molecule has 1 aromatic heterocycles. The Morgan fingerprint density at radius 3 is 2.74 bits per heavy atom. The molecule has 0 aliphatic carbocycles. The van der Waals surface area contributed by atoms with Crippen molar-refractivity contribution >= 4 is 43.6 Å². The molecule has 0 aliphatic rings. The van der Waals surface area contributed by atoms with Gasteiger partial charge in [-0.15, -0.1) is 0 Å². The van der Waals surface area contributed by atoms with E-state index in [9.17, 15) is 19.5 Å². The zero-order chi connectivity index (χ0) is 19.3. The number of hydrogen-bond donors (Lipinski definition) is 1. The second-order valence-electron chi connectivity index (χ2n) is 5.35. The highest BCUT2D eigenvalue weighted by atomic mass is 32.1. The van der Waals surface area contributed by atoms with Crippen molar-refractivity contribution in [3.8, 4) is 5.75 Å². The molecule has 0 radical (unpaired) electrons. The van der Waals surface area contributed by atoms with Crippen LogP contribution < -0.4 is 9.82 Å². The molecule has 0 aliphatic heterocycles. The zero-order valence-corrected chi connectivity index (χ0v) is 16.8. The largest absolute Gasteiger partial charge is 0.468 e. The van der Waals surface area contributed by atoms with Gasteiger partial charge in [-0.2, -0.15) is 13.5 Å². The van der Waals surface area contributed by atoms with Gasteiger partial charge in [-0.25, -0.2) is 5.09 Å². The molecule has 1 N–H and O–H groups in total. The van der Waals surface area contributed by atoms with Crippen LogP contribution in [-0.4, -0.2) is 42.5 Å². The normalized spacial score (nSPS) is 13.9. The average Bonchev–Trinajstić information content (AvgIpc) is 2.60. The summed E-state index contributed by atoms with van der Waals surface area (Å²) in [6, 6.07) is 4.99. The number of pyridine rings is 1. The number of nitro groups is 1. The van der Waals surface area contributed by atoms with Crippen molar-refractivity contribution in [2.24, 2.45) is 0 Å². The molecule has 2 aromatic rings. The molecular weight excluding hydrogens is 397 g/mol. The van der Waals surface area contributed by atoms with Crippen LogP contribution in [0.1, 0.15) is 6.92 Å². The summed E-state index contributed by atoms with van der Waals surface area (Å²) in [6.07, 6.45) is 1.48. The van der Waals surface area contributed by atoms with Gasteiger partial charge < -0.3 is 9.47 Å². The van der Waals surface area contributed by atoms with Crippen molar-refractivity contribution in [2.45, 2.75) is 13.0 Å². The Balaban J connectivity index is 0.00000364. The quantitative estimate of drug-likeness (QED) is 0.226. The summed E-state index contributed by atoms with van der Waals surface area (Å²) in [5, 5.41) is 13.9. The number of hydrogen-bond acceptors (Lipinski definition) is 8. The number of nitro benzene ring substituents is 1. The lowest BCUT2D eigenvalue weighted by Crippen LogP contribution is -2.33. The Labute approximate surface area is 162 Å². The Hall–Kier alpha value is -2.20. The number of carbonyl (C=O) groups excluding carboxylic acids is 1. The fraction of sp³-hybridized carbons (Fsp3) is 0.333. The summed E-state index contributed by atoms with van der Waals surface area (Å²) in [6.45, 7) is 2.38. The number of benzene rings is 1. The van der Waals surface area contributed by atoms with Gasteiger partial charge in [0.15, 0.2) is 6.79 Å². The molecule has 0 spiro atoms. The van der Waals surface area contributed by atoms with Gasteiger partial charge in [0, 0.05) is 18.9 Å². The number of nitrogens with one attached hydrogen (secondary N) is 1. The summed E-state index contributed by atoms with van der Waals surface area (Å²) < 4.78 is 27.5. The molecule has 12 heteroatoms. The molecule has 1 unspecified atom stereocenters. The number of methoxy groups -OCH3 is 1. The van der Waals surface area contributed by atoms with Gasteiger partial charge >= 0.3 is 5.97 Å². The summed E-state index contributed by atoms with van der Waals surface area (Å²) >= 11 is 0. The molecule has 0 saturated carbocycles. The first-order valence-corrected chi connectivity index (χ1v) is 9.55. The second-order valence-corrected chi connectivity index (χ2v) is 7.56. The Morgan fingerprint density at radius 1 is 1.41 bits per heavy atom. The van der Waals surface area contributed by atoms with Crippen molar-refractivity contribution < 1.29 is 28.3 Å². The minimum Gasteiger partial charge on any atom is -0.468 e. The van der Waals surface area contributed by atoms with E-state index < -0.39 is 31.2 Å². The number of non-ortho nitro benzene ring substituents is 1. The van der Waals surface area contributed by atoms with Crippen LogP contribution >= 0.6 is 21.0 Å². The lowest BCUT2D eigenvalue weighted by molar-refractivity contribution is -0.383. The van der Waals surface area contributed by atoms with E-state index in [1.807, 2.05) is 0 Å². The highest BCUT2D eigenvalue weighted by Gasteiger charge is 2.24. The van der Waals surface area contributed by atoms with Gasteiger partial charge in [-0.05, 0) is 25.1 Å². The molecular formula is C15H20N3O7PS. The Bertz CT molecular complexity index is 880. The van der Waals surface area contributed by atoms with Crippen LogP contribution in [0, 0.1) is 10.1 Å². The summed E-state index contributed by atoms with van der Waals surface area (Å²) in [5.41, 5.74) is 0.184. The maximum Gasteiger partial charge on any atom is 0.323 e. The first kappa shape index (κ1) is 22.8. The molecule has 2 rings (SSSR count). The molecule has 0 saturated heterocycles. The minimum atomic E-state index is -3.34. The predicted octanol–water partition coefficient (Wildman–Crippen LogP) is 2.58. The van der Waals surface area contributed by atoms with Gasteiger partial charge in [0.25, 0.3) is 13.2 Å². The van der Waals surface area contributed by atoms with Crippen LogP contribution in [0.15, 0.2) is 30.5 Å². The number of rotatable bonds is 8. The number of carbonyl (C=O) groups is 1. The van der Waals surface area contributed by atoms with E-state index in [4.69, 9.17) is 9.26 Å². The van der Waals surface area contributed by atoms with E-state index >= 15 is 0 Å². The van der Waals surface area contributed by atoms with E-state index in [0.717, 1.165) is 0 Å². The highest BCUT2D eigenvalue weighted by molar-refractivity contribution is 7.59. The molecule has 0 fully saturated rings. The number of fused-ring (bicyclic) bond motifs is 1. The first-order chi connectivity index (χ1) is 12.2. The fourth-order valence-electron chi connectivity index (χ4n) is 2.22. The number of aromatic nitrogens is 1. The van der Waals surface area contributed by atoms with Crippen molar-refractivity contribution in [1.29, 1.82) is 0 Å². The summed E-state index contributed by atoms with van der Waals surface area (Å²) in [4.78, 5) is 26.0. The molecule has 148 valence electrons. The fourth-order valence-corrected chi connectivity index (χ4v) is 3.35. The third-order valence-corrected chi connectivity index (χ3v) is 4.86. The molecule has 0 bridgehead atoms. The standard InChI is InChI=1S/C15H18N3O7P.H2S/c1-10(15(19)23-2)17-26(3,22)25-9-24-13-7-6-12(18(20)21)11-5-4-8-16-14(11)13;/h4-8,10H,9H2,1-3H3,(H,17,22);1H2/t10-,26?;/m0./s1. The molecule has 0 amide bonds. The van der Waals surface area contributed by atoms with E-state index in [0.29, 0.717) is 5.39 Å². The zero-order valence-electron chi connectivity index (χ0n) is 14.9. The van der Waals surface area contributed by atoms with Gasteiger partial charge in [0.1, 0.15) is 17.3 Å². The minimum absolute atomic E-state index is 0. The van der Waals surface area contributed by atoms with Crippen LogP contribution in [0.5, 0.6) is 5.75 Å². The lowest BCUT2D eigenvalue weighted by atomic mass is 10.1. The van der Waals surface area contributed by atoms with Crippen molar-refractivity contribution in [3.05, 3.63) is 40.6 Å². The van der Waals surface area contributed by atoms with Gasteiger partial charge in [-0.1, -0.05) is 0 Å². The SMILES string of the molecule is COC(=O)[C@H](C)NP(C)(=O)OCOc1ccc([N+](=O)[O-])c2cccnc12.S. The van der Waals surface area contributed by atoms with Crippen LogP contribution in [0.2, 0.25) is 0 Å². The third kappa shape index (κ3) is 5.90. The van der Waals surface area contributed by atoms with E-state index in [2.05, 4.69) is 14.8 Å². The highest BCUT2D eigenvalue weighted by Crippen LogP contribution is 2.38. The predicted molar refractivity (Wildman–Crippen MR) is 104 cm³/mol. The van der Waals surface area contributed by atoms with Crippen LogP contribution in [0.25, 0.3) is 10.9 Å². The Morgan fingerprint density at radius 2 is 2.11 bits per heavy atom. The first-order valence-electron chi connectivity index (χ1n) is 7.48. The summed E-state index contributed by atoms with van der Waals surface area (Å²) in [5.74, 6) is -0.339. The maximum absolute atomic E-state index is 12.3. The average molecular weight is 417 g/mol. The molecule has 2 atom stereocenters. The maximum atomic E-state index is 12.3. The third-order valence-electron chi connectivity index (χ3n) is 3.40. The molecule has 10 nitrogen and oxygen atoms in total. The van der Waals surface area contributed by atoms with Gasteiger partial charge in [0.05, 0.1) is 17.4 Å². The molecule has 27 heavy (non-hydrogen) atoms. The molecule has 1 aromatic carbocycles. The smallest absolute Gasteiger partial charge is 0.323 e. The van der Waals surface area contributed by atoms with E-state index in [-0.39, 0.29) is 30.4 Å². The second kappa shape index (κ2) is 9.65. The molecule has 1 heterocycles. The summed E-state index contributed by atoms with van der Waals surface area (Å²) in [7, 11) is -2.12. The van der Waals surface area contributed by atoms with Crippen molar-refractivity contribution in [1.82, 2.24) is 10.1 Å². The van der Waals surface area contributed by atoms with Crippen molar-refractivity contribution in [2.75, 3.05) is 20.6 Å². The van der Waals surface area contributed by atoms with Crippen LogP contribution in [0.4, 0.5) is 5.69 Å². The number of nitrogens with zero attached hydrogens (tertiary/aromatic N) is 2. The van der Waals surface area contributed by atoms with Crippen LogP contribution in [-0.2, 0) is 18.6 Å². The lowest BCUT2D eigenvalue weighted by Gasteiger charge is -2.19. The topological polar surface area (TPSA) is 130 Å². The van der Waals surface area contributed by atoms with E-state index in [1.54, 1.807) is 12.1 Å².